The third-order valence-electron chi connectivity index (χ3n) is 2.68. The standard InChI is InChI=1S/C10H22N2O/c1-10(13)5-4-8-12(9-10)7-3-2-6-11/h13H,2-9,11H2,1H3. The molecule has 3 heteroatoms. The molecule has 78 valence electrons. The van der Waals surface area contributed by atoms with Crippen LogP contribution in [0.2, 0.25) is 0 Å². The van der Waals surface area contributed by atoms with Gasteiger partial charge in [-0.2, -0.15) is 0 Å². The Kier molecular flexibility index (Phi) is 4.16. The third kappa shape index (κ3) is 4.07. The second kappa shape index (κ2) is 4.94. The molecule has 1 rings (SSSR count). The summed E-state index contributed by atoms with van der Waals surface area (Å²) >= 11 is 0. The topological polar surface area (TPSA) is 49.5 Å². The van der Waals surface area contributed by atoms with E-state index < -0.39 is 5.60 Å². The maximum Gasteiger partial charge on any atom is 0.0746 e. The summed E-state index contributed by atoms with van der Waals surface area (Å²) in [7, 11) is 0. The Hall–Kier alpha value is -0.120. The molecule has 0 amide bonds. The van der Waals surface area contributed by atoms with E-state index in [1.807, 2.05) is 6.92 Å². The zero-order chi connectivity index (χ0) is 9.73. The number of unbranched alkanes of at least 4 members (excludes halogenated alkanes) is 1. The Bertz CT molecular complexity index is 148. The Balaban J connectivity index is 2.19. The number of rotatable bonds is 4. The fraction of sp³-hybridized carbons (Fsp3) is 1.00. The van der Waals surface area contributed by atoms with E-state index in [1.165, 1.54) is 0 Å². The number of β-amino-alcohol motifs (C(OH)–C–C–N with tert-alkyl or cyclic N) is 1. The molecule has 3 nitrogen and oxygen atoms in total. The number of piperidine rings is 1. The molecular weight excluding hydrogens is 164 g/mol. The molecule has 1 aliphatic rings. The first-order valence-electron chi connectivity index (χ1n) is 5.29. The fourth-order valence-electron chi connectivity index (χ4n) is 1.99. The van der Waals surface area contributed by atoms with Crippen LogP contribution in [0.3, 0.4) is 0 Å². The van der Waals surface area contributed by atoms with Crippen LogP contribution in [0.4, 0.5) is 0 Å². The minimum atomic E-state index is -0.457. The van der Waals surface area contributed by atoms with Crippen LogP contribution in [0.25, 0.3) is 0 Å². The Morgan fingerprint density at radius 2 is 2.23 bits per heavy atom. The molecule has 1 unspecified atom stereocenters. The first-order chi connectivity index (χ1) is 6.14. The van der Waals surface area contributed by atoms with Gasteiger partial charge in [0.25, 0.3) is 0 Å². The van der Waals surface area contributed by atoms with Gasteiger partial charge in [0.1, 0.15) is 0 Å². The van der Waals surface area contributed by atoms with Crippen molar-refractivity contribution < 1.29 is 5.11 Å². The van der Waals surface area contributed by atoms with Crippen LogP contribution in [-0.2, 0) is 0 Å². The lowest BCUT2D eigenvalue weighted by atomic mass is 9.95. The summed E-state index contributed by atoms with van der Waals surface area (Å²) in [6.45, 7) is 5.78. The maximum atomic E-state index is 9.84. The van der Waals surface area contributed by atoms with Crippen molar-refractivity contribution in [3.05, 3.63) is 0 Å². The minimum Gasteiger partial charge on any atom is -0.389 e. The number of nitrogens with two attached hydrogens (primary N) is 1. The SMILES string of the molecule is CC1(O)CCCN(CCCCN)C1. The van der Waals surface area contributed by atoms with Crippen LogP contribution in [0.1, 0.15) is 32.6 Å². The van der Waals surface area contributed by atoms with Gasteiger partial charge < -0.3 is 15.7 Å². The Morgan fingerprint density at radius 3 is 2.85 bits per heavy atom. The summed E-state index contributed by atoms with van der Waals surface area (Å²) in [4.78, 5) is 2.35. The first kappa shape index (κ1) is 11.0. The highest BCUT2D eigenvalue weighted by Crippen LogP contribution is 2.20. The number of likely N-dealkylation sites (tertiary alicyclic amines) is 1. The number of aliphatic hydroxyl groups is 1. The van der Waals surface area contributed by atoms with Gasteiger partial charge in [-0.05, 0) is 52.2 Å². The highest BCUT2D eigenvalue weighted by Gasteiger charge is 2.27. The normalized spacial score (nSPS) is 30.7. The molecule has 0 saturated carbocycles. The average Bonchev–Trinajstić information content (AvgIpc) is 2.03. The van der Waals surface area contributed by atoms with Crippen molar-refractivity contribution >= 4 is 0 Å². The van der Waals surface area contributed by atoms with Crippen molar-refractivity contribution in [1.29, 1.82) is 0 Å². The van der Waals surface area contributed by atoms with Gasteiger partial charge in [0.15, 0.2) is 0 Å². The molecule has 0 radical (unpaired) electrons. The van der Waals surface area contributed by atoms with Gasteiger partial charge in [-0.15, -0.1) is 0 Å². The van der Waals surface area contributed by atoms with Crippen molar-refractivity contribution in [1.82, 2.24) is 4.90 Å². The highest BCUT2D eigenvalue weighted by atomic mass is 16.3. The predicted molar refractivity (Wildman–Crippen MR) is 54.6 cm³/mol. The van der Waals surface area contributed by atoms with Crippen LogP contribution in [0.15, 0.2) is 0 Å². The molecule has 3 N–H and O–H groups in total. The van der Waals surface area contributed by atoms with E-state index >= 15 is 0 Å². The van der Waals surface area contributed by atoms with Crippen molar-refractivity contribution in [2.75, 3.05) is 26.2 Å². The van der Waals surface area contributed by atoms with Gasteiger partial charge in [0.05, 0.1) is 5.60 Å². The first-order valence-corrected chi connectivity index (χ1v) is 5.29. The highest BCUT2D eigenvalue weighted by molar-refractivity contribution is 4.82. The third-order valence-corrected chi connectivity index (χ3v) is 2.68. The zero-order valence-corrected chi connectivity index (χ0v) is 8.63. The van der Waals surface area contributed by atoms with Crippen molar-refractivity contribution in [3.63, 3.8) is 0 Å². The molecular formula is C10H22N2O. The maximum absolute atomic E-state index is 9.84. The average molecular weight is 186 g/mol. The Morgan fingerprint density at radius 1 is 1.46 bits per heavy atom. The summed E-state index contributed by atoms with van der Waals surface area (Å²) in [5.41, 5.74) is 4.97. The van der Waals surface area contributed by atoms with Crippen molar-refractivity contribution in [3.8, 4) is 0 Å². The summed E-state index contributed by atoms with van der Waals surface area (Å²) in [5, 5.41) is 9.84. The lowest BCUT2D eigenvalue weighted by Crippen LogP contribution is -2.46. The largest absolute Gasteiger partial charge is 0.389 e. The van der Waals surface area contributed by atoms with Crippen molar-refractivity contribution in [2.24, 2.45) is 5.73 Å². The van der Waals surface area contributed by atoms with Crippen molar-refractivity contribution in [2.45, 2.75) is 38.2 Å². The molecule has 13 heavy (non-hydrogen) atoms. The molecule has 0 aromatic carbocycles. The second-order valence-electron chi connectivity index (χ2n) is 4.37. The van der Waals surface area contributed by atoms with Gasteiger partial charge in [0, 0.05) is 6.54 Å². The van der Waals surface area contributed by atoms with E-state index in [0.717, 1.165) is 51.9 Å². The molecule has 0 aromatic heterocycles. The minimum absolute atomic E-state index is 0.457. The molecule has 0 aromatic rings. The van der Waals surface area contributed by atoms with Gasteiger partial charge in [-0.3, -0.25) is 0 Å². The van der Waals surface area contributed by atoms with Crippen LogP contribution >= 0.6 is 0 Å². The molecule has 1 heterocycles. The number of nitrogens with zero attached hydrogens (tertiary/aromatic N) is 1. The van der Waals surface area contributed by atoms with E-state index in [-0.39, 0.29) is 0 Å². The number of hydrogen-bond donors (Lipinski definition) is 2. The molecule has 0 bridgehead atoms. The molecule has 1 fully saturated rings. The summed E-state index contributed by atoms with van der Waals surface area (Å²) in [6, 6.07) is 0. The molecule has 0 spiro atoms. The molecule has 1 atom stereocenters. The quantitative estimate of drug-likeness (QED) is 0.631. The second-order valence-corrected chi connectivity index (χ2v) is 4.37. The van der Waals surface area contributed by atoms with Gasteiger partial charge >= 0.3 is 0 Å². The van der Waals surface area contributed by atoms with E-state index in [9.17, 15) is 5.11 Å². The summed E-state index contributed by atoms with van der Waals surface area (Å²) in [5.74, 6) is 0. The van der Waals surface area contributed by atoms with Crippen LogP contribution < -0.4 is 5.73 Å². The summed E-state index contributed by atoms with van der Waals surface area (Å²) in [6.07, 6.45) is 4.32. The molecule has 1 aliphatic heterocycles. The monoisotopic (exact) mass is 186 g/mol. The van der Waals surface area contributed by atoms with E-state index in [1.54, 1.807) is 0 Å². The van der Waals surface area contributed by atoms with E-state index in [4.69, 9.17) is 5.73 Å². The molecule has 0 aliphatic carbocycles. The van der Waals surface area contributed by atoms with Crippen LogP contribution in [0.5, 0.6) is 0 Å². The lowest BCUT2D eigenvalue weighted by molar-refractivity contribution is -0.0157. The molecule has 1 saturated heterocycles. The van der Waals surface area contributed by atoms with E-state index in [2.05, 4.69) is 4.90 Å². The Labute approximate surface area is 80.9 Å². The zero-order valence-electron chi connectivity index (χ0n) is 8.63. The predicted octanol–water partition coefficient (Wildman–Crippen LogP) is 0.572. The summed E-state index contributed by atoms with van der Waals surface area (Å²) < 4.78 is 0. The van der Waals surface area contributed by atoms with Gasteiger partial charge in [0.2, 0.25) is 0 Å². The van der Waals surface area contributed by atoms with Gasteiger partial charge in [-0.25, -0.2) is 0 Å². The lowest BCUT2D eigenvalue weighted by Gasteiger charge is -2.36. The van der Waals surface area contributed by atoms with Crippen LogP contribution in [-0.4, -0.2) is 41.8 Å². The fourth-order valence-corrected chi connectivity index (χ4v) is 1.99. The number of hydrogen-bond acceptors (Lipinski definition) is 3. The van der Waals surface area contributed by atoms with Crippen LogP contribution in [0, 0.1) is 0 Å². The van der Waals surface area contributed by atoms with Gasteiger partial charge in [-0.1, -0.05) is 0 Å². The smallest absolute Gasteiger partial charge is 0.0746 e. The van der Waals surface area contributed by atoms with E-state index in [0.29, 0.717) is 0 Å².